The van der Waals surface area contributed by atoms with Crippen molar-refractivity contribution in [1.29, 1.82) is 0 Å². The molecule has 0 aromatic heterocycles. The van der Waals surface area contributed by atoms with Crippen molar-refractivity contribution in [3.8, 4) is 0 Å². The highest BCUT2D eigenvalue weighted by Crippen LogP contribution is 2.19. The van der Waals surface area contributed by atoms with Crippen molar-refractivity contribution in [2.75, 3.05) is 39.3 Å². The maximum Gasteiger partial charge on any atom is 0.223 e. The van der Waals surface area contributed by atoms with Gasteiger partial charge >= 0.3 is 0 Å². The van der Waals surface area contributed by atoms with Crippen LogP contribution in [-0.2, 0) is 4.79 Å². The first-order valence-electron chi connectivity index (χ1n) is 6.89. The fraction of sp³-hybridized carbons (Fsp3) is 0.923. The van der Waals surface area contributed by atoms with Crippen LogP contribution in [0.1, 0.15) is 26.7 Å². The van der Waals surface area contributed by atoms with Crippen molar-refractivity contribution in [1.82, 2.24) is 15.1 Å². The van der Waals surface area contributed by atoms with Crippen LogP contribution in [0.4, 0.5) is 0 Å². The molecule has 4 heteroatoms. The molecule has 1 amide bonds. The lowest BCUT2D eigenvalue weighted by molar-refractivity contribution is -0.130. The zero-order valence-electron chi connectivity index (χ0n) is 11.1. The number of rotatable bonds is 3. The number of carbonyl (C=O) groups excluding carboxylic acids is 1. The molecule has 98 valence electrons. The molecule has 2 heterocycles. The molecule has 2 aliphatic rings. The van der Waals surface area contributed by atoms with Gasteiger partial charge in [-0.15, -0.1) is 0 Å². The Labute approximate surface area is 104 Å². The predicted molar refractivity (Wildman–Crippen MR) is 68.9 cm³/mol. The normalized spacial score (nSPS) is 27.8. The SMILES string of the molecule is CC(C)N1CCC(CN2CCNCCC2=O)C1. The molecule has 2 aliphatic heterocycles. The van der Waals surface area contributed by atoms with E-state index in [2.05, 4.69) is 29.0 Å². The molecule has 2 fully saturated rings. The van der Waals surface area contributed by atoms with Crippen LogP contribution in [-0.4, -0.2) is 61.0 Å². The molecule has 0 bridgehead atoms. The van der Waals surface area contributed by atoms with E-state index < -0.39 is 0 Å². The average molecular weight is 239 g/mol. The average Bonchev–Trinajstić information content (AvgIpc) is 2.66. The largest absolute Gasteiger partial charge is 0.341 e. The first-order valence-corrected chi connectivity index (χ1v) is 6.89. The fourth-order valence-electron chi connectivity index (χ4n) is 2.80. The second kappa shape index (κ2) is 5.83. The summed E-state index contributed by atoms with van der Waals surface area (Å²) in [6.07, 6.45) is 1.91. The Morgan fingerprint density at radius 3 is 2.88 bits per heavy atom. The Morgan fingerprint density at radius 2 is 2.18 bits per heavy atom. The molecule has 1 unspecified atom stereocenters. The van der Waals surface area contributed by atoms with E-state index in [0.717, 1.165) is 32.7 Å². The Bertz CT molecular complexity index is 267. The van der Waals surface area contributed by atoms with Crippen molar-refractivity contribution < 1.29 is 4.79 Å². The van der Waals surface area contributed by atoms with Crippen molar-refractivity contribution in [3.63, 3.8) is 0 Å². The Balaban J connectivity index is 1.82. The van der Waals surface area contributed by atoms with Gasteiger partial charge in [-0.25, -0.2) is 0 Å². The zero-order valence-corrected chi connectivity index (χ0v) is 11.1. The van der Waals surface area contributed by atoms with E-state index in [9.17, 15) is 4.79 Å². The van der Waals surface area contributed by atoms with Gasteiger partial charge in [0, 0.05) is 45.2 Å². The molecule has 17 heavy (non-hydrogen) atoms. The number of nitrogens with zero attached hydrogens (tertiary/aromatic N) is 2. The Hall–Kier alpha value is -0.610. The van der Waals surface area contributed by atoms with Crippen LogP contribution in [0.5, 0.6) is 0 Å². The number of amides is 1. The first-order chi connectivity index (χ1) is 8.16. The summed E-state index contributed by atoms with van der Waals surface area (Å²) in [6, 6.07) is 0.640. The quantitative estimate of drug-likeness (QED) is 0.781. The zero-order chi connectivity index (χ0) is 12.3. The second-order valence-electron chi connectivity index (χ2n) is 5.58. The lowest BCUT2D eigenvalue weighted by Crippen LogP contribution is -2.38. The smallest absolute Gasteiger partial charge is 0.223 e. The van der Waals surface area contributed by atoms with Gasteiger partial charge in [-0.3, -0.25) is 4.79 Å². The summed E-state index contributed by atoms with van der Waals surface area (Å²) in [4.78, 5) is 16.5. The van der Waals surface area contributed by atoms with Crippen molar-refractivity contribution >= 4 is 5.91 Å². The number of nitrogens with one attached hydrogen (secondary N) is 1. The van der Waals surface area contributed by atoms with Crippen molar-refractivity contribution in [2.45, 2.75) is 32.7 Å². The summed E-state index contributed by atoms with van der Waals surface area (Å²) in [7, 11) is 0. The van der Waals surface area contributed by atoms with Crippen molar-refractivity contribution in [3.05, 3.63) is 0 Å². The number of carbonyl (C=O) groups is 1. The molecule has 0 aliphatic carbocycles. The molecule has 0 aromatic carbocycles. The summed E-state index contributed by atoms with van der Waals surface area (Å²) < 4.78 is 0. The van der Waals surface area contributed by atoms with Gasteiger partial charge in [0.1, 0.15) is 0 Å². The van der Waals surface area contributed by atoms with Crippen LogP contribution in [0, 0.1) is 5.92 Å². The fourth-order valence-corrected chi connectivity index (χ4v) is 2.80. The Morgan fingerprint density at radius 1 is 1.35 bits per heavy atom. The molecule has 2 saturated heterocycles. The van der Waals surface area contributed by atoms with E-state index in [1.165, 1.54) is 13.0 Å². The molecule has 0 saturated carbocycles. The van der Waals surface area contributed by atoms with E-state index >= 15 is 0 Å². The lowest BCUT2D eigenvalue weighted by Gasteiger charge is -2.25. The van der Waals surface area contributed by atoms with Crippen LogP contribution in [0.15, 0.2) is 0 Å². The van der Waals surface area contributed by atoms with Gasteiger partial charge in [0.15, 0.2) is 0 Å². The molecule has 0 radical (unpaired) electrons. The molecule has 0 aromatic rings. The minimum atomic E-state index is 0.331. The van der Waals surface area contributed by atoms with Crippen LogP contribution in [0.2, 0.25) is 0 Å². The van der Waals surface area contributed by atoms with Gasteiger partial charge < -0.3 is 15.1 Å². The highest BCUT2D eigenvalue weighted by Gasteiger charge is 2.27. The number of likely N-dealkylation sites (tertiary alicyclic amines) is 1. The van der Waals surface area contributed by atoms with E-state index in [1.54, 1.807) is 0 Å². The minimum Gasteiger partial charge on any atom is -0.341 e. The summed E-state index contributed by atoms with van der Waals surface area (Å²) in [5.74, 6) is 1.01. The minimum absolute atomic E-state index is 0.331. The summed E-state index contributed by atoms with van der Waals surface area (Å²) in [6.45, 7) is 10.5. The van der Waals surface area contributed by atoms with E-state index in [1.807, 2.05) is 0 Å². The van der Waals surface area contributed by atoms with Gasteiger partial charge in [0.05, 0.1) is 0 Å². The topological polar surface area (TPSA) is 35.6 Å². The maximum absolute atomic E-state index is 11.9. The van der Waals surface area contributed by atoms with Gasteiger partial charge in [-0.1, -0.05) is 0 Å². The highest BCUT2D eigenvalue weighted by atomic mass is 16.2. The van der Waals surface area contributed by atoms with Crippen LogP contribution in [0.25, 0.3) is 0 Å². The monoisotopic (exact) mass is 239 g/mol. The molecular formula is C13H25N3O. The number of hydrogen-bond donors (Lipinski definition) is 1. The summed E-state index contributed by atoms with van der Waals surface area (Å²) in [5, 5.41) is 3.29. The maximum atomic E-state index is 11.9. The van der Waals surface area contributed by atoms with Crippen LogP contribution in [0.3, 0.4) is 0 Å². The third-order valence-electron chi connectivity index (χ3n) is 3.95. The molecule has 1 atom stereocenters. The second-order valence-corrected chi connectivity index (χ2v) is 5.58. The summed E-state index contributed by atoms with van der Waals surface area (Å²) >= 11 is 0. The third kappa shape index (κ3) is 3.42. The summed E-state index contributed by atoms with van der Waals surface area (Å²) in [5.41, 5.74) is 0. The lowest BCUT2D eigenvalue weighted by atomic mass is 10.1. The molecule has 4 nitrogen and oxygen atoms in total. The van der Waals surface area contributed by atoms with E-state index in [-0.39, 0.29) is 0 Å². The van der Waals surface area contributed by atoms with Crippen LogP contribution < -0.4 is 5.32 Å². The highest BCUT2D eigenvalue weighted by molar-refractivity contribution is 5.76. The van der Waals surface area contributed by atoms with E-state index in [4.69, 9.17) is 0 Å². The number of hydrogen-bond acceptors (Lipinski definition) is 3. The predicted octanol–water partition coefficient (Wildman–Crippen LogP) is 0.539. The molecular weight excluding hydrogens is 214 g/mol. The van der Waals surface area contributed by atoms with Gasteiger partial charge in [-0.2, -0.15) is 0 Å². The Kier molecular flexibility index (Phi) is 4.40. The molecule has 0 spiro atoms. The van der Waals surface area contributed by atoms with Crippen LogP contribution >= 0.6 is 0 Å². The van der Waals surface area contributed by atoms with Crippen molar-refractivity contribution in [2.24, 2.45) is 5.92 Å². The first kappa shape index (κ1) is 12.8. The molecule has 1 N–H and O–H groups in total. The third-order valence-corrected chi connectivity index (χ3v) is 3.95. The standard InChI is InChI=1S/C13H25N3O/c1-11(2)15-7-4-12(9-15)10-16-8-6-14-5-3-13(16)17/h11-12,14H,3-10H2,1-2H3. The molecule has 2 rings (SSSR count). The van der Waals surface area contributed by atoms with Gasteiger partial charge in [0.25, 0.3) is 0 Å². The van der Waals surface area contributed by atoms with Gasteiger partial charge in [-0.05, 0) is 32.7 Å². The van der Waals surface area contributed by atoms with E-state index in [0.29, 0.717) is 24.3 Å². The van der Waals surface area contributed by atoms with Gasteiger partial charge in [0.2, 0.25) is 5.91 Å².